The molecule has 0 bridgehead atoms. The van der Waals surface area contributed by atoms with Crippen LogP contribution < -0.4 is 10.6 Å². The molecule has 0 aromatic carbocycles. The van der Waals surface area contributed by atoms with Gasteiger partial charge in [-0.25, -0.2) is 4.79 Å². The Bertz CT molecular complexity index is 722. The minimum Gasteiger partial charge on any atom is -0.371 e. The minimum atomic E-state index is -0.262. The highest BCUT2D eigenvalue weighted by atomic mass is 32.1. The number of nitrogens with zero attached hydrogens (tertiary/aromatic N) is 2. The smallest absolute Gasteiger partial charge is 0.320 e. The Morgan fingerprint density at radius 1 is 1.46 bits per heavy atom. The second-order valence-corrected chi connectivity index (χ2v) is 7.44. The number of carbonyl (C=O) groups excluding carboxylic acids is 1. The molecule has 0 saturated carbocycles. The number of aryl methyl sites for hydroxylation is 1. The molecule has 6 nitrogen and oxygen atoms in total. The molecule has 2 aromatic heterocycles. The molecule has 3 rings (SSSR count). The summed E-state index contributed by atoms with van der Waals surface area (Å²) in [6, 6.07) is 3.84. The number of hydrogen-bond donors (Lipinski definition) is 2. The molecule has 0 spiro atoms. The quantitative estimate of drug-likeness (QED) is 0.886. The first kappa shape index (κ1) is 17.0. The molecule has 130 valence electrons. The Morgan fingerprint density at radius 3 is 2.96 bits per heavy atom. The van der Waals surface area contributed by atoms with Crippen molar-refractivity contribution >= 4 is 23.2 Å². The molecule has 0 fully saturated rings. The van der Waals surface area contributed by atoms with Crippen molar-refractivity contribution < 1.29 is 9.53 Å². The van der Waals surface area contributed by atoms with Gasteiger partial charge in [0.1, 0.15) is 6.10 Å². The van der Waals surface area contributed by atoms with Crippen molar-refractivity contribution in [3.63, 3.8) is 0 Å². The highest BCUT2D eigenvalue weighted by Gasteiger charge is 2.28. The molecule has 0 aliphatic carbocycles. The van der Waals surface area contributed by atoms with E-state index >= 15 is 0 Å². The number of aromatic nitrogens is 2. The number of fused-ring (bicyclic) bond motifs is 1. The lowest BCUT2D eigenvalue weighted by molar-refractivity contribution is 0.0238. The molecule has 1 aliphatic heterocycles. The number of ether oxygens (including phenoxy) is 1. The van der Waals surface area contributed by atoms with Gasteiger partial charge in [-0.1, -0.05) is 0 Å². The third-order valence-electron chi connectivity index (χ3n) is 4.18. The fourth-order valence-electron chi connectivity index (χ4n) is 3.10. The van der Waals surface area contributed by atoms with Crippen molar-refractivity contribution in [3.05, 3.63) is 33.6 Å². The van der Waals surface area contributed by atoms with Crippen molar-refractivity contribution in [2.45, 2.75) is 52.3 Å². The van der Waals surface area contributed by atoms with E-state index in [2.05, 4.69) is 41.0 Å². The van der Waals surface area contributed by atoms with Crippen LogP contribution in [0.5, 0.6) is 0 Å². The van der Waals surface area contributed by atoms with Gasteiger partial charge in [0.05, 0.1) is 12.6 Å². The second-order valence-electron chi connectivity index (χ2n) is 6.44. The molecule has 2 atom stereocenters. The molecule has 7 heteroatoms. The van der Waals surface area contributed by atoms with E-state index in [-0.39, 0.29) is 24.2 Å². The van der Waals surface area contributed by atoms with Gasteiger partial charge in [-0.3, -0.25) is 10.00 Å². The van der Waals surface area contributed by atoms with E-state index in [9.17, 15) is 4.79 Å². The summed E-state index contributed by atoms with van der Waals surface area (Å²) in [5.41, 5.74) is 2.21. The van der Waals surface area contributed by atoms with Crippen LogP contribution in [-0.2, 0) is 11.2 Å². The number of anilines is 1. The largest absolute Gasteiger partial charge is 0.371 e. The van der Waals surface area contributed by atoms with Gasteiger partial charge in [0.15, 0.2) is 5.82 Å². The highest BCUT2D eigenvalue weighted by Crippen LogP contribution is 2.33. The first-order valence-electron chi connectivity index (χ1n) is 8.27. The van der Waals surface area contributed by atoms with Gasteiger partial charge in [0.2, 0.25) is 0 Å². The van der Waals surface area contributed by atoms with Crippen LogP contribution in [0.4, 0.5) is 10.6 Å². The van der Waals surface area contributed by atoms with Crippen molar-refractivity contribution in [1.29, 1.82) is 0 Å². The maximum Gasteiger partial charge on any atom is 0.320 e. The fourth-order valence-corrected chi connectivity index (χ4v) is 4.00. The molecular formula is C17H24N4O2S. The second kappa shape index (κ2) is 6.94. The standard InChI is InChI=1S/C17H24N4O2S/c1-10(2)21-11(3)9-15(20-21)19-17(22)18-12(4)16-13-6-8-24-14(13)5-7-23-16/h6,8-10,12,16H,5,7H2,1-4H3,(H2,18,19,20,22)/t12-,16-/m0/s1. The van der Waals surface area contributed by atoms with Gasteiger partial charge in [-0.15, -0.1) is 11.3 Å². The number of amides is 2. The number of rotatable bonds is 4. The van der Waals surface area contributed by atoms with E-state index in [1.165, 1.54) is 10.4 Å². The van der Waals surface area contributed by atoms with Crippen molar-refractivity contribution in [2.75, 3.05) is 11.9 Å². The van der Waals surface area contributed by atoms with E-state index in [0.717, 1.165) is 12.1 Å². The Balaban J connectivity index is 1.62. The number of urea groups is 1. The number of carbonyl (C=O) groups is 1. The summed E-state index contributed by atoms with van der Waals surface area (Å²) in [5, 5.41) is 12.3. The summed E-state index contributed by atoms with van der Waals surface area (Å²) in [5.74, 6) is 0.562. The Morgan fingerprint density at radius 2 is 2.25 bits per heavy atom. The topological polar surface area (TPSA) is 68.2 Å². The predicted molar refractivity (Wildman–Crippen MR) is 95.7 cm³/mol. The average molecular weight is 348 g/mol. The van der Waals surface area contributed by atoms with Crippen molar-refractivity contribution in [2.24, 2.45) is 0 Å². The van der Waals surface area contributed by atoms with Gasteiger partial charge in [0.25, 0.3) is 0 Å². The number of nitrogens with one attached hydrogen (secondary N) is 2. The molecule has 0 radical (unpaired) electrons. The van der Waals surface area contributed by atoms with Gasteiger partial charge in [-0.2, -0.15) is 5.10 Å². The summed E-state index contributed by atoms with van der Waals surface area (Å²) in [4.78, 5) is 13.6. The van der Waals surface area contributed by atoms with Gasteiger partial charge >= 0.3 is 6.03 Å². The van der Waals surface area contributed by atoms with Crippen LogP contribution in [0.3, 0.4) is 0 Å². The van der Waals surface area contributed by atoms with Crippen LogP contribution in [-0.4, -0.2) is 28.5 Å². The summed E-state index contributed by atoms with van der Waals surface area (Å²) >= 11 is 1.75. The first-order chi connectivity index (χ1) is 11.5. The van der Waals surface area contributed by atoms with Gasteiger partial charge in [-0.05, 0) is 44.7 Å². The summed E-state index contributed by atoms with van der Waals surface area (Å²) in [6.45, 7) is 8.76. The Hall–Kier alpha value is -1.86. The molecular weight excluding hydrogens is 324 g/mol. The van der Waals surface area contributed by atoms with E-state index in [1.54, 1.807) is 11.3 Å². The normalized spacial score (nSPS) is 18.3. The third kappa shape index (κ3) is 3.47. The van der Waals surface area contributed by atoms with Crippen LogP contribution in [0, 0.1) is 6.92 Å². The van der Waals surface area contributed by atoms with E-state index in [1.807, 2.05) is 24.6 Å². The summed E-state index contributed by atoms with van der Waals surface area (Å²) in [6.07, 6.45) is 0.856. The summed E-state index contributed by atoms with van der Waals surface area (Å²) < 4.78 is 7.76. The zero-order chi connectivity index (χ0) is 17.3. The molecule has 2 amide bonds. The highest BCUT2D eigenvalue weighted by molar-refractivity contribution is 7.10. The lowest BCUT2D eigenvalue weighted by atomic mass is 10.0. The molecule has 1 aliphatic rings. The van der Waals surface area contributed by atoms with Gasteiger partial charge in [0, 0.05) is 29.1 Å². The number of hydrogen-bond acceptors (Lipinski definition) is 4. The lowest BCUT2D eigenvalue weighted by Gasteiger charge is -2.29. The minimum absolute atomic E-state index is 0.0966. The summed E-state index contributed by atoms with van der Waals surface area (Å²) in [7, 11) is 0. The first-order valence-corrected chi connectivity index (χ1v) is 9.15. The van der Waals surface area contributed by atoms with Crippen molar-refractivity contribution in [3.8, 4) is 0 Å². The fraction of sp³-hybridized carbons (Fsp3) is 0.529. The van der Waals surface area contributed by atoms with Crippen LogP contribution in [0.1, 0.15) is 49.1 Å². The zero-order valence-electron chi connectivity index (χ0n) is 14.5. The monoisotopic (exact) mass is 348 g/mol. The molecule has 2 N–H and O–H groups in total. The van der Waals surface area contributed by atoms with Crippen LogP contribution in [0.2, 0.25) is 0 Å². The van der Waals surface area contributed by atoms with E-state index in [0.29, 0.717) is 12.4 Å². The lowest BCUT2D eigenvalue weighted by Crippen LogP contribution is -2.41. The SMILES string of the molecule is Cc1cc(NC(=O)N[C@@H](C)[C@@H]2OCCc3sccc32)nn1C(C)C. The van der Waals surface area contributed by atoms with E-state index in [4.69, 9.17) is 4.74 Å². The van der Waals surface area contributed by atoms with Crippen LogP contribution >= 0.6 is 11.3 Å². The van der Waals surface area contributed by atoms with E-state index < -0.39 is 0 Å². The molecule has 24 heavy (non-hydrogen) atoms. The maximum absolute atomic E-state index is 12.3. The predicted octanol–water partition coefficient (Wildman–Crippen LogP) is 3.66. The Kier molecular flexibility index (Phi) is 4.91. The third-order valence-corrected chi connectivity index (χ3v) is 5.18. The van der Waals surface area contributed by atoms with Crippen LogP contribution in [0.25, 0.3) is 0 Å². The molecule has 3 heterocycles. The van der Waals surface area contributed by atoms with Crippen LogP contribution in [0.15, 0.2) is 17.5 Å². The number of thiophene rings is 1. The van der Waals surface area contributed by atoms with Crippen molar-refractivity contribution in [1.82, 2.24) is 15.1 Å². The average Bonchev–Trinajstić information content (AvgIpc) is 3.12. The molecule has 0 unspecified atom stereocenters. The molecule has 2 aromatic rings. The van der Waals surface area contributed by atoms with Gasteiger partial charge < -0.3 is 10.1 Å². The molecule has 0 saturated heterocycles. The Labute approximate surface area is 146 Å². The maximum atomic E-state index is 12.3. The zero-order valence-corrected chi connectivity index (χ0v) is 15.3.